The number of hydrogen-bond donors (Lipinski definition) is 1. The predicted molar refractivity (Wildman–Crippen MR) is 66.8 cm³/mol. The van der Waals surface area contributed by atoms with Crippen molar-refractivity contribution in [2.45, 2.75) is 25.8 Å². The fraction of sp³-hybridized carbons (Fsp3) is 0.500. The van der Waals surface area contributed by atoms with E-state index in [0.29, 0.717) is 9.62 Å². The molecule has 1 fully saturated rings. The van der Waals surface area contributed by atoms with E-state index in [1.165, 1.54) is 29.8 Å². The largest absolute Gasteiger partial charge is 0.310 e. The Labute approximate surface area is 103 Å². The van der Waals surface area contributed by atoms with E-state index in [-0.39, 0.29) is 0 Å². The lowest BCUT2D eigenvalue weighted by Gasteiger charge is -2.01. The Kier molecular flexibility index (Phi) is 3.67. The molecular weight excluding hydrogens is 251 g/mol. The second-order valence-electron chi connectivity index (χ2n) is 3.77. The van der Waals surface area contributed by atoms with Gasteiger partial charge in [0, 0.05) is 12.6 Å². The summed E-state index contributed by atoms with van der Waals surface area (Å²) in [6, 6.07) is 0.730. The van der Waals surface area contributed by atoms with Gasteiger partial charge in [-0.15, -0.1) is 11.3 Å². The van der Waals surface area contributed by atoms with Crippen LogP contribution in [0.3, 0.4) is 0 Å². The number of hydrogen-bond acceptors (Lipinski definition) is 3. The third-order valence-electron chi connectivity index (χ3n) is 2.21. The molecule has 1 heterocycles. The van der Waals surface area contributed by atoms with Gasteiger partial charge in [0.2, 0.25) is 0 Å². The van der Waals surface area contributed by atoms with Crippen molar-refractivity contribution < 1.29 is 0 Å². The van der Waals surface area contributed by atoms with Crippen molar-refractivity contribution in [3.05, 3.63) is 20.1 Å². The summed E-state index contributed by atoms with van der Waals surface area (Å²) < 4.78 is 0.495. The van der Waals surface area contributed by atoms with Crippen molar-refractivity contribution in [1.29, 1.82) is 0 Å². The highest BCUT2D eigenvalue weighted by Crippen LogP contribution is 2.28. The summed E-state index contributed by atoms with van der Waals surface area (Å²) in [7, 11) is 0. The lowest BCUT2D eigenvalue weighted by atomic mass is 10.2. The molecule has 15 heavy (non-hydrogen) atoms. The van der Waals surface area contributed by atoms with E-state index in [4.69, 9.17) is 23.2 Å². The minimum atomic E-state index is 0.495. The van der Waals surface area contributed by atoms with Gasteiger partial charge in [-0.3, -0.25) is 0 Å². The quantitative estimate of drug-likeness (QED) is 0.897. The number of nitrogens with zero attached hydrogens (tertiary/aromatic N) is 1. The Balaban J connectivity index is 1.97. The lowest BCUT2D eigenvalue weighted by Crippen LogP contribution is -2.18. The molecule has 0 spiro atoms. The zero-order valence-corrected chi connectivity index (χ0v) is 10.7. The second kappa shape index (κ2) is 4.83. The van der Waals surface area contributed by atoms with Gasteiger partial charge in [0.05, 0.1) is 4.88 Å². The Morgan fingerprint density at radius 2 is 2.33 bits per heavy atom. The van der Waals surface area contributed by atoms with Crippen molar-refractivity contribution in [3.63, 3.8) is 0 Å². The molecule has 0 atom stereocenters. The summed E-state index contributed by atoms with van der Waals surface area (Å²) in [5.74, 6) is 0. The van der Waals surface area contributed by atoms with Gasteiger partial charge < -0.3 is 5.32 Å². The maximum atomic E-state index is 5.91. The molecule has 2 rings (SSSR count). The average Bonchev–Trinajstić information content (AvgIpc) is 2.92. The van der Waals surface area contributed by atoms with Crippen molar-refractivity contribution in [2.24, 2.45) is 0 Å². The Morgan fingerprint density at radius 3 is 2.87 bits per heavy atom. The van der Waals surface area contributed by atoms with E-state index < -0.39 is 0 Å². The fourth-order valence-corrected chi connectivity index (χ4v) is 2.63. The number of thiazole rings is 1. The van der Waals surface area contributed by atoms with Gasteiger partial charge in [0.25, 0.3) is 0 Å². The SMILES string of the molecule is CC(=Cc1sc(Cl)nc1Cl)CNC1CC1. The van der Waals surface area contributed by atoms with E-state index >= 15 is 0 Å². The molecule has 5 heteroatoms. The first-order valence-corrected chi connectivity index (χ1v) is 6.45. The maximum Gasteiger partial charge on any atom is 0.185 e. The smallest absolute Gasteiger partial charge is 0.185 e. The summed E-state index contributed by atoms with van der Waals surface area (Å²) in [6.07, 6.45) is 4.65. The molecule has 0 saturated heterocycles. The molecule has 1 aliphatic carbocycles. The monoisotopic (exact) mass is 262 g/mol. The molecule has 2 nitrogen and oxygen atoms in total. The van der Waals surface area contributed by atoms with Gasteiger partial charge >= 0.3 is 0 Å². The standard InChI is InChI=1S/C10H12Cl2N2S/c1-6(5-13-7-2-3-7)4-8-9(11)14-10(12)15-8/h4,7,13H,2-3,5H2,1H3. The average molecular weight is 263 g/mol. The molecule has 0 amide bonds. The molecule has 1 aromatic heterocycles. The summed E-state index contributed by atoms with van der Waals surface area (Å²) >= 11 is 13.1. The van der Waals surface area contributed by atoms with Gasteiger partial charge in [-0.05, 0) is 25.8 Å². The first-order chi connectivity index (χ1) is 7.15. The number of halogens is 2. The summed E-state index contributed by atoms with van der Waals surface area (Å²) in [5.41, 5.74) is 1.25. The summed E-state index contributed by atoms with van der Waals surface area (Å²) in [5, 5.41) is 3.94. The molecule has 0 unspecified atom stereocenters. The highest BCUT2D eigenvalue weighted by Gasteiger charge is 2.19. The van der Waals surface area contributed by atoms with Gasteiger partial charge in [0.15, 0.2) is 4.47 Å². The van der Waals surface area contributed by atoms with Crippen molar-refractivity contribution in [1.82, 2.24) is 10.3 Å². The van der Waals surface area contributed by atoms with Gasteiger partial charge in [0.1, 0.15) is 5.15 Å². The Hall–Kier alpha value is -0.0900. The van der Waals surface area contributed by atoms with E-state index in [0.717, 1.165) is 17.5 Å². The second-order valence-corrected chi connectivity index (χ2v) is 5.74. The van der Waals surface area contributed by atoms with Crippen LogP contribution in [-0.2, 0) is 0 Å². The van der Waals surface area contributed by atoms with Gasteiger partial charge in [-0.2, -0.15) is 0 Å². The Bertz CT molecular complexity index is 383. The minimum Gasteiger partial charge on any atom is -0.310 e. The van der Waals surface area contributed by atoms with Crippen LogP contribution < -0.4 is 5.32 Å². The number of rotatable bonds is 4. The van der Waals surface area contributed by atoms with Crippen LogP contribution in [0.1, 0.15) is 24.6 Å². The lowest BCUT2D eigenvalue weighted by molar-refractivity contribution is 0.736. The van der Waals surface area contributed by atoms with Crippen LogP contribution >= 0.6 is 34.5 Å². The summed E-state index contributed by atoms with van der Waals surface area (Å²) in [6.45, 7) is 3.00. The predicted octanol–water partition coefficient (Wildman–Crippen LogP) is 3.61. The number of nitrogens with one attached hydrogen (secondary N) is 1. The molecule has 0 aliphatic heterocycles. The minimum absolute atomic E-state index is 0.495. The molecule has 1 saturated carbocycles. The van der Waals surface area contributed by atoms with Crippen molar-refractivity contribution in [3.8, 4) is 0 Å². The highest BCUT2D eigenvalue weighted by molar-refractivity contribution is 7.17. The van der Waals surface area contributed by atoms with Crippen molar-refractivity contribution >= 4 is 40.6 Å². The highest BCUT2D eigenvalue weighted by atomic mass is 35.5. The first-order valence-electron chi connectivity index (χ1n) is 4.87. The normalized spacial score (nSPS) is 17.1. The number of aromatic nitrogens is 1. The molecule has 1 aliphatic rings. The van der Waals surface area contributed by atoms with E-state index in [2.05, 4.69) is 17.2 Å². The molecule has 1 N–H and O–H groups in total. The maximum absolute atomic E-state index is 5.91. The van der Waals surface area contributed by atoms with Crippen LogP contribution in [0.4, 0.5) is 0 Å². The van der Waals surface area contributed by atoms with E-state index in [1.807, 2.05) is 6.08 Å². The van der Waals surface area contributed by atoms with Gasteiger partial charge in [-0.1, -0.05) is 28.8 Å². The summed E-state index contributed by atoms with van der Waals surface area (Å²) in [4.78, 5) is 4.90. The van der Waals surface area contributed by atoms with Crippen LogP contribution in [0.15, 0.2) is 5.57 Å². The molecule has 0 radical (unpaired) electrons. The molecular formula is C10H12Cl2N2S. The van der Waals surface area contributed by atoms with Crippen LogP contribution in [-0.4, -0.2) is 17.6 Å². The molecule has 82 valence electrons. The van der Waals surface area contributed by atoms with Crippen LogP contribution in [0, 0.1) is 0 Å². The van der Waals surface area contributed by atoms with E-state index in [1.54, 1.807) is 0 Å². The van der Waals surface area contributed by atoms with Crippen LogP contribution in [0.2, 0.25) is 9.62 Å². The third kappa shape index (κ3) is 3.45. The van der Waals surface area contributed by atoms with Gasteiger partial charge in [-0.25, -0.2) is 4.98 Å². The Morgan fingerprint density at radius 1 is 1.60 bits per heavy atom. The fourth-order valence-electron chi connectivity index (χ4n) is 1.24. The zero-order chi connectivity index (χ0) is 10.8. The van der Waals surface area contributed by atoms with Crippen molar-refractivity contribution in [2.75, 3.05) is 6.54 Å². The topological polar surface area (TPSA) is 24.9 Å². The molecule has 1 aromatic rings. The third-order valence-corrected chi connectivity index (χ3v) is 3.71. The van der Waals surface area contributed by atoms with E-state index in [9.17, 15) is 0 Å². The van der Waals surface area contributed by atoms with Crippen LogP contribution in [0.25, 0.3) is 6.08 Å². The van der Waals surface area contributed by atoms with Crippen LogP contribution in [0.5, 0.6) is 0 Å². The molecule has 0 aromatic carbocycles. The first kappa shape index (κ1) is 11.4. The zero-order valence-electron chi connectivity index (χ0n) is 8.39. The molecule has 0 bridgehead atoms.